The van der Waals surface area contributed by atoms with Gasteiger partial charge in [0.05, 0.1) is 0 Å². The maximum atomic E-state index is 2.63. The van der Waals surface area contributed by atoms with Crippen LogP contribution in [0.1, 0.15) is 57.9 Å². The highest BCUT2D eigenvalue weighted by molar-refractivity contribution is 5.42. The minimum absolute atomic E-state index is 0.712. The quantitative estimate of drug-likeness (QED) is 0.626. The van der Waals surface area contributed by atoms with Crippen molar-refractivity contribution in [2.75, 3.05) is 0 Å². The van der Waals surface area contributed by atoms with E-state index in [0.29, 0.717) is 5.92 Å². The molecule has 0 heteroatoms. The predicted molar refractivity (Wildman–Crippen MR) is 91.3 cm³/mol. The summed E-state index contributed by atoms with van der Waals surface area (Å²) in [5, 5.41) is 0. The summed E-state index contributed by atoms with van der Waals surface area (Å²) in [6.45, 7) is 4.71. The smallest absolute Gasteiger partial charge is 0.0121 e. The molecule has 0 aliphatic heterocycles. The van der Waals surface area contributed by atoms with Gasteiger partial charge in [-0.1, -0.05) is 55.8 Å². The van der Waals surface area contributed by atoms with E-state index < -0.39 is 0 Å². The van der Waals surface area contributed by atoms with E-state index in [4.69, 9.17) is 0 Å². The molecule has 0 N–H and O–H groups in total. The molecule has 0 amide bonds. The second kappa shape index (κ2) is 6.64. The Bertz CT molecular complexity index is 532. The van der Waals surface area contributed by atoms with Crippen LogP contribution in [0.5, 0.6) is 0 Å². The van der Waals surface area contributed by atoms with E-state index in [1.165, 1.54) is 50.5 Å². The Hall–Kier alpha value is -1.30. The maximum absolute atomic E-state index is 2.63. The van der Waals surface area contributed by atoms with E-state index >= 15 is 0 Å². The third kappa shape index (κ3) is 3.00. The molecule has 1 aromatic rings. The van der Waals surface area contributed by atoms with Crippen LogP contribution in [-0.4, -0.2) is 0 Å². The number of allylic oxidation sites excluding steroid dienone is 4. The molecule has 0 nitrogen and oxygen atoms in total. The van der Waals surface area contributed by atoms with Gasteiger partial charge in [0.25, 0.3) is 0 Å². The lowest BCUT2D eigenvalue weighted by molar-refractivity contribution is 0.397. The zero-order valence-electron chi connectivity index (χ0n) is 13.6. The van der Waals surface area contributed by atoms with Gasteiger partial charge in [-0.25, -0.2) is 0 Å². The van der Waals surface area contributed by atoms with Crippen LogP contribution in [0, 0.1) is 11.8 Å². The van der Waals surface area contributed by atoms with Crippen LogP contribution in [0.3, 0.4) is 0 Å². The molecule has 0 unspecified atom stereocenters. The summed E-state index contributed by atoms with van der Waals surface area (Å²) in [5.41, 5.74) is 6.73. The highest BCUT2D eigenvalue weighted by Crippen LogP contribution is 2.44. The van der Waals surface area contributed by atoms with Gasteiger partial charge in [0.15, 0.2) is 0 Å². The van der Waals surface area contributed by atoms with Crippen molar-refractivity contribution in [2.45, 2.75) is 58.8 Å². The van der Waals surface area contributed by atoms with E-state index in [-0.39, 0.29) is 0 Å². The topological polar surface area (TPSA) is 0 Å². The summed E-state index contributed by atoms with van der Waals surface area (Å²) < 4.78 is 0. The van der Waals surface area contributed by atoms with Gasteiger partial charge in [-0.2, -0.15) is 0 Å². The fourth-order valence-electron chi connectivity index (χ4n) is 4.41. The first kappa shape index (κ1) is 14.6. The summed E-state index contributed by atoms with van der Waals surface area (Å²) in [5.74, 6) is 1.50. The lowest BCUT2D eigenvalue weighted by Gasteiger charge is -2.37. The zero-order valence-corrected chi connectivity index (χ0v) is 13.6. The molecule has 112 valence electrons. The van der Waals surface area contributed by atoms with E-state index in [9.17, 15) is 0 Å². The highest BCUT2D eigenvalue weighted by atomic mass is 14.4. The summed E-state index contributed by atoms with van der Waals surface area (Å²) in [4.78, 5) is 0. The van der Waals surface area contributed by atoms with Crippen molar-refractivity contribution in [1.29, 1.82) is 0 Å². The first-order valence-corrected chi connectivity index (χ1v) is 8.80. The molecule has 2 aliphatic carbocycles. The average Bonchev–Trinajstić information content (AvgIpc) is 2.55. The molecule has 0 aromatic heterocycles. The number of hydrogen-bond donors (Lipinski definition) is 0. The van der Waals surface area contributed by atoms with Crippen LogP contribution >= 0.6 is 0 Å². The first-order chi connectivity index (χ1) is 10.3. The third-order valence-corrected chi connectivity index (χ3v) is 5.41. The Morgan fingerprint density at radius 3 is 2.48 bits per heavy atom. The molecular weight excluding hydrogens is 252 g/mol. The molecule has 1 aromatic carbocycles. The molecule has 0 saturated heterocycles. The summed E-state index contributed by atoms with van der Waals surface area (Å²) in [7, 11) is 0. The largest absolute Gasteiger partial charge is 0.0770 e. The second-order valence-corrected chi connectivity index (χ2v) is 6.62. The van der Waals surface area contributed by atoms with Crippen molar-refractivity contribution in [2.24, 2.45) is 11.8 Å². The van der Waals surface area contributed by atoms with Crippen molar-refractivity contribution < 1.29 is 0 Å². The van der Waals surface area contributed by atoms with Crippen molar-refractivity contribution >= 4 is 0 Å². The molecule has 3 rings (SSSR count). The van der Waals surface area contributed by atoms with Crippen molar-refractivity contribution in [3.63, 3.8) is 0 Å². The Morgan fingerprint density at radius 1 is 1.00 bits per heavy atom. The number of hydrogen-bond acceptors (Lipinski definition) is 0. The van der Waals surface area contributed by atoms with Crippen LogP contribution in [0.2, 0.25) is 0 Å². The van der Waals surface area contributed by atoms with Crippen LogP contribution in [0.25, 0.3) is 0 Å². The predicted octanol–water partition coefficient (Wildman–Crippen LogP) is 6.09. The third-order valence-electron chi connectivity index (χ3n) is 5.41. The van der Waals surface area contributed by atoms with Crippen molar-refractivity contribution in [1.82, 2.24) is 0 Å². The van der Waals surface area contributed by atoms with Gasteiger partial charge in [-0.05, 0) is 73.5 Å². The normalized spacial score (nSPS) is 25.5. The van der Waals surface area contributed by atoms with E-state index in [1.54, 1.807) is 11.1 Å². The van der Waals surface area contributed by atoms with Crippen LogP contribution < -0.4 is 0 Å². The fourth-order valence-corrected chi connectivity index (χ4v) is 4.41. The molecule has 0 fully saturated rings. The Balaban J connectivity index is 1.90. The Kier molecular flexibility index (Phi) is 4.63. The van der Waals surface area contributed by atoms with Crippen LogP contribution in [0.15, 0.2) is 53.1 Å². The van der Waals surface area contributed by atoms with Crippen molar-refractivity contribution in [3.8, 4) is 0 Å². The molecule has 2 aliphatic rings. The SMILES string of the molecule is CCC1=C[C@@H](Cc2ccccc2)[C@@H](CC)C2=C1CCCC2. The van der Waals surface area contributed by atoms with Gasteiger partial charge < -0.3 is 0 Å². The van der Waals surface area contributed by atoms with Gasteiger partial charge >= 0.3 is 0 Å². The maximum Gasteiger partial charge on any atom is -0.0121 e. The lowest BCUT2D eigenvalue weighted by Crippen LogP contribution is -2.24. The monoisotopic (exact) mass is 280 g/mol. The van der Waals surface area contributed by atoms with Gasteiger partial charge in [0.1, 0.15) is 0 Å². The first-order valence-electron chi connectivity index (χ1n) is 8.80. The average molecular weight is 280 g/mol. The van der Waals surface area contributed by atoms with E-state index in [0.717, 1.165) is 5.92 Å². The summed E-state index contributed by atoms with van der Waals surface area (Å²) in [6, 6.07) is 11.0. The number of benzene rings is 1. The van der Waals surface area contributed by atoms with Gasteiger partial charge in [-0.3, -0.25) is 0 Å². The molecule has 0 spiro atoms. The Labute approximate surface area is 130 Å². The molecule has 0 bridgehead atoms. The molecular formula is C21H28. The Morgan fingerprint density at radius 2 is 1.76 bits per heavy atom. The highest BCUT2D eigenvalue weighted by Gasteiger charge is 2.31. The summed E-state index contributed by atoms with van der Waals surface area (Å²) in [6.07, 6.45) is 11.8. The zero-order chi connectivity index (χ0) is 14.7. The number of rotatable bonds is 4. The molecule has 2 atom stereocenters. The fraction of sp³-hybridized carbons (Fsp3) is 0.524. The van der Waals surface area contributed by atoms with Crippen molar-refractivity contribution in [3.05, 3.63) is 58.7 Å². The minimum Gasteiger partial charge on any atom is -0.0770 e. The van der Waals surface area contributed by atoms with Gasteiger partial charge in [-0.15, -0.1) is 0 Å². The lowest BCUT2D eigenvalue weighted by atomic mass is 9.68. The van der Waals surface area contributed by atoms with E-state index in [1.807, 2.05) is 5.57 Å². The molecule has 0 saturated carbocycles. The molecule has 21 heavy (non-hydrogen) atoms. The summed E-state index contributed by atoms with van der Waals surface area (Å²) >= 11 is 0. The van der Waals surface area contributed by atoms with Crippen LogP contribution in [-0.2, 0) is 6.42 Å². The second-order valence-electron chi connectivity index (χ2n) is 6.62. The van der Waals surface area contributed by atoms with Gasteiger partial charge in [0, 0.05) is 0 Å². The minimum atomic E-state index is 0.712. The standard InChI is InChI=1S/C21H28/c1-3-17-15-18(14-16-10-6-5-7-11-16)19(4-2)21-13-9-8-12-20(17)21/h5-7,10-11,15,18-19H,3-4,8-9,12-14H2,1-2H3/t18-,19-/m1/s1. The molecule has 0 radical (unpaired) electrons. The molecule has 0 heterocycles. The van der Waals surface area contributed by atoms with Crippen LogP contribution in [0.4, 0.5) is 0 Å². The van der Waals surface area contributed by atoms with Gasteiger partial charge in [0.2, 0.25) is 0 Å². The van der Waals surface area contributed by atoms with E-state index in [2.05, 4.69) is 50.3 Å².